The molecule has 0 unspecified atom stereocenters. The maximum atomic E-state index is 2.75. The molecule has 0 amide bonds. The Morgan fingerprint density at radius 2 is 0.383 bits per heavy atom. The van der Waals surface area contributed by atoms with Crippen LogP contribution in [0.1, 0.15) is 342 Å². The molecule has 0 aromatic heterocycles. The van der Waals surface area contributed by atoms with Crippen molar-refractivity contribution in [2.75, 3.05) is 13.1 Å². The van der Waals surface area contributed by atoms with Gasteiger partial charge in [0.2, 0.25) is 0 Å². The summed E-state index contributed by atoms with van der Waals surface area (Å²) in [6, 6.07) is 0. The van der Waals surface area contributed by atoms with Crippen molar-refractivity contribution in [3.8, 4) is 0 Å². The fourth-order valence-corrected chi connectivity index (χ4v) is 10.1. The molecule has 0 aromatic rings. The van der Waals surface area contributed by atoms with Crippen LogP contribution in [0.15, 0.2) is 12.4 Å². The Bertz CT molecular complexity index is 759. The van der Waals surface area contributed by atoms with E-state index in [0.29, 0.717) is 6.17 Å². The van der Waals surface area contributed by atoms with E-state index < -0.39 is 0 Å². The van der Waals surface area contributed by atoms with E-state index in [9.17, 15) is 0 Å². The zero-order chi connectivity index (χ0) is 42.9. The van der Waals surface area contributed by atoms with Gasteiger partial charge in [-0.2, -0.15) is 0 Å². The van der Waals surface area contributed by atoms with Crippen molar-refractivity contribution in [3.05, 3.63) is 12.4 Å². The quantitative estimate of drug-likeness (QED) is 0.0563. The van der Waals surface area contributed by atoms with Gasteiger partial charge in [0, 0.05) is 25.5 Å². The fraction of sp³-hybridized carbons (Fsp3) is 0.966. The second-order valence-corrected chi connectivity index (χ2v) is 20.3. The first kappa shape index (κ1) is 57.4. The van der Waals surface area contributed by atoms with Crippen LogP contribution in [0.2, 0.25) is 0 Å². The lowest BCUT2D eigenvalue weighted by molar-refractivity contribution is 0.135. The van der Waals surface area contributed by atoms with Crippen LogP contribution in [-0.4, -0.2) is 29.1 Å². The van der Waals surface area contributed by atoms with Crippen LogP contribution < -0.4 is 0 Å². The van der Waals surface area contributed by atoms with Gasteiger partial charge in [-0.25, -0.2) is 0 Å². The number of hydrogen-bond donors (Lipinski definition) is 0. The number of hydrogen-bond acceptors (Lipinski definition) is 2. The minimum Gasteiger partial charge on any atom is -0.356 e. The molecule has 0 fully saturated rings. The normalized spacial score (nSPS) is 13.2. The Balaban J connectivity index is 2.18. The summed E-state index contributed by atoms with van der Waals surface area (Å²) in [5.41, 5.74) is 0. The highest BCUT2D eigenvalue weighted by atomic mass is 15.4. The average Bonchev–Trinajstić information content (AvgIpc) is 3.64. The summed E-state index contributed by atoms with van der Waals surface area (Å²) in [5.74, 6) is 0. The van der Waals surface area contributed by atoms with E-state index in [-0.39, 0.29) is 0 Å². The van der Waals surface area contributed by atoms with Gasteiger partial charge in [-0.1, -0.05) is 316 Å². The van der Waals surface area contributed by atoms with E-state index in [2.05, 4.69) is 43.0 Å². The Morgan fingerprint density at radius 1 is 0.217 bits per heavy atom. The summed E-state index contributed by atoms with van der Waals surface area (Å²) in [6.07, 6.45) is 78.3. The van der Waals surface area contributed by atoms with Crippen molar-refractivity contribution in [2.45, 2.75) is 348 Å². The Morgan fingerprint density at radius 3 is 0.583 bits per heavy atom. The van der Waals surface area contributed by atoms with Gasteiger partial charge >= 0.3 is 0 Å². The number of unbranched alkanes of at least 4 members (excludes halogenated alkanes) is 46. The van der Waals surface area contributed by atoms with E-state index in [4.69, 9.17) is 0 Å². The molecule has 0 saturated heterocycles. The Labute approximate surface area is 381 Å². The van der Waals surface area contributed by atoms with Crippen molar-refractivity contribution < 1.29 is 0 Å². The van der Waals surface area contributed by atoms with Crippen LogP contribution in [0.3, 0.4) is 0 Å². The number of rotatable bonds is 52. The molecule has 0 spiro atoms. The van der Waals surface area contributed by atoms with Crippen molar-refractivity contribution in [1.82, 2.24) is 9.80 Å². The third-order valence-electron chi connectivity index (χ3n) is 14.3. The molecule has 1 aliphatic rings. The molecule has 1 rings (SSSR count). The first-order valence-corrected chi connectivity index (χ1v) is 29.0. The molecule has 2 nitrogen and oxygen atoms in total. The topological polar surface area (TPSA) is 6.48 Å². The lowest BCUT2D eigenvalue weighted by Crippen LogP contribution is -2.39. The fourth-order valence-electron chi connectivity index (χ4n) is 10.1. The molecule has 0 N–H and O–H groups in total. The first-order valence-electron chi connectivity index (χ1n) is 29.0. The van der Waals surface area contributed by atoms with E-state index in [1.54, 1.807) is 0 Å². The second-order valence-electron chi connectivity index (χ2n) is 20.3. The molecule has 1 heterocycles. The average molecular weight is 842 g/mol. The molecule has 2 heteroatoms. The lowest BCUT2D eigenvalue weighted by atomic mass is 10.0. The van der Waals surface area contributed by atoms with Gasteiger partial charge in [0.1, 0.15) is 6.17 Å². The molecule has 358 valence electrons. The molecule has 0 aliphatic carbocycles. The van der Waals surface area contributed by atoms with Gasteiger partial charge in [0.15, 0.2) is 0 Å². The second kappa shape index (κ2) is 49.4. The van der Waals surface area contributed by atoms with Crippen molar-refractivity contribution in [1.29, 1.82) is 0 Å². The summed E-state index contributed by atoms with van der Waals surface area (Å²) in [4.78, 5) is 5.51. The van der Waals surface area contributed by atoms with Crippen LogP contribution in [0.5, 0.6) is 0 Å². The number of nitrogens with zero attached hydrogens (tertiary/aromatic N) is 2. The molecule has 0 bridgehead atoms. The van der Waals surface area contributed by atoms with Gasteiger partial charge in [-0.05, 0) is 25.7 Å². The minimum atomic E-state index is 0.633. The third kappa shape index (κ3) is 40.1. The van der Waals surface area contributed by atoms with E-state index >= 15 is 0 Å². The molecule has 0 radical (unpaired) electrons. The minimum absolute atomic E-state index is 0.633. The van der Waals surface area contributed by atoms with Gasteiger partial charge in [-0.3, -0.25) is 0 Å². The first-order chi connectivity index (χ1) is 29.8. The predicted molar refractivity (Wildman–Crippen MR) is 274 cm³/mol. The summed E-state index contributed by atoms with van der Waals surface area (Å²) >= 11 is 0. The van der Waals surface area contributed by atoms with Crippen LogP contribution in [0.4, 0.5) is 0 Å². The monoisotopic (exact) mass is 841 g/mol. The van der Waals surface area contributed by atoms with Crippen LogP contribution in [0, 0.1) is 0 Å². The zero-order valence-electron chi connectivity index (χ0n) is 42.4. The Kier molecular flexibility index (Phi) is 47.2. The van der Waals surface area contributed by atoms with Crippen LogP contribution >= 0.6 is 0 Å². The molecular weight excluding hydrogens is 725 g/mol. The van der Waals surface area contributed by atoms with Gasteiger partial charge in [0.25, 0.3) is 0 Å². The van der Waals surface area contributed by atoms with Gasteiger partial charge < -0.3 is 9.80 Å². The largest absolute Gasteiger partial charge is 0.356 e. The molecular formula is C58H116N2. The predicted octanol–water partition coefficient (Wildman–Crippen LogP) is 21.0. The van der Waals surface area contributed by atoms with E-state index in [0.717, 1.165) is 0 Å². The maximum Gasteiger partial charge on any atom is 0.101 e. The van der Waals surface area contributed by atoms with E-state index in [1.807, 2.05) is 0 Å². The summed E-state index contributed by atoms with van der Waals surface area (Å²) in [7, 11) is 0. The van der Waals surface area contributed by atoms with Crippen molar-refractivity contribution in [3.63, 3.8) is 0 Å². The molecule has 1 aliphatic heterocycles. The van der Waals surface area contributed by atoms with E-state index in [1.165, 1.54) is 334 Å². The standard InChI is InChI=1S/C58H116N2/c1-4-7-10-13-16-19-22-25-28-30-33-36-39-42-45-48-51-54-59-56-57-60(55-52-49-46-43-40-37-34-31-29-26-23-20-17-14-11-8-5-2)58(59)53-50-47-44-41-38-35-32-27-24-21-18-15-12-9-6-3/h56-58H,4-55H2,1-3H3. The summed E-state index contributed by atoms with van der Waals surface area (Å²) < 4.78 is 0. The SMILES string of the molecule is CCCCCCCCCCCCCCCCCCCN1C=CN(CCCCCCCCCCCCCCCCCCC)C1CCCCCCCCCCCCCCCCC. The molecule has 60 heavy (non-hydrogen) atoms. The van der Waals surface area contributed by atoms with Crippen LogP contribution in [-0.2, 0) is 0 Å². The van der Waals surface area contributed by atoms with Crippen LogP contribution in [0.25, 0.3) is 0 Å². The summed E-state index contributed by atoms with van der Waals surface area (Å²) in [5, 5.41) is 0. The third-order valence-corrected chi connectivity index (χ3v) is 14.3. The highest BCUT2D eigenvalue weighted by Gasteiger charge is 2.25. The van der Waals surface area contributed by atoms with Crippen molar-refractivity contribution in [2.24, 2.45) is 0 Å². The molecule has 0 atom stereocenters. The zero-order valence-corrected chi connectivity index (χ0v) is 42.4. The smallest absolute Gasteiger partial charge is 0.101 e. The highest BCUT2D eigenvalue weighted by Crippen LogP contribution is 2.25. The lowest BCUT2D eigenvalue weighted by Gasteiger charge is -2.33. The highest BCUT2D eigenvalue weighted by molar-refractivity contribution is 4.97. The van der Waals surface area contributed by atoms with Gasteiger partial charge in [0.05, 0.1) is 0 Å². The maximum absolute atomic E-state index is 2.75. The molecule has 0 aromatic carbocycles. The molecule has 0 saturated carbocycles. The summed E-state index contributed by atoms with van der Waals surface area (Å²) in [6.45, 7) is 9.50. The Hall–Kier alpha value is -0.660. The van der Waals surface area contributed by atoms with Crippen molar-refractivity contribution >= 4 is 0 Å². The van der Waals surface area contributed by atoms with Gasteiger partial charge in [-0.15, -0.1) is 0 Å².